The van der Waals surface area contributed by atoms with Gasteiger partial charge in [-0.05, 0) is 30.5 Å². The lowest BCUT2D eigenvalue weighted by molar-refractivity contribution is -0.121. The molecule has 36 heavy (non-hydrogen) atoms. The van der Waals surface area contributed by atoms with Gasteiger partial charge in [-0.3, -0.25) is 23.5 Å². The minimum Gasteiger partial charge on any atom is -0.495 e. The zero-order valence-corrected chi connectivity index (χ0v) is 21.3. The van der Waals surface area contributed by atoms with Crippen molar-refractivity contribution in [2.75, 3.05) is 26.1 Å². The summed E-state index contributed by atoms with van der Waals surface area (Å²) >= 11 is 6.18. The number of hydrogen-bond donors (Lipinski definition) is 2. The van der Waals surface area contributed by atoms with E-state index in [1.54, 1.807) is 24.3 Å². The van der Waals surface area contributed by atoms with Gasteiger partial charge in [0.2, 0.25) is 11.8 Å². The van der Waals surface area contributed by atoms with Gasteiger partial charge >= 0.3 is 5.69 Å². The molecule has 0 bridgehead atoms. The first-order valence-corrected chi connectivity index (χ1v) is 11.7. The fourth-order valence-corrected chi connectivity index (χ4v) is 3.89. The molecule has 0 unspecified atom stereocenters. The van der Waals surface area contributed by atoms with Crippen LogP contribution in [0, 0.1) is 5.92 Å². The Bertz CT molecular complexity index is 1400. The van der Waals surface area contributed by atoms with Crippen LogP contribution in [-0.2, 0) is 22.7 Å². The van der Waals surface area contributed by atoms with Crippen molar-refractivity contribution in [2.45, 2.75) is 33.4 Å². The third-order valence-corrected chi connectivity index (χ3v) is 5.82. The quantitative estimate of drug-likeness (QED) is 0.427. The first-order chi connectivity index (χ1) is 17.2. The number of halogens is 1. The molecule has 0 saturated carbocycles. The number of fused-ring (bicyclic) bond motifs is 1. The van der Waals surface area contributed by atoms with Gasteiger partial charge < -0.3 is 20.1 Å². The lowest BCUT2D eigenvalue weighted by Crippen LogP contribution is -2.45. The summed E-state index contributed by atoms with van der Waals surface area (Å²) in [6.07, 6.45) is 0.765. The summed E-state index contributed by atoms with van der Waals surface area (Å²) in [4.78, 5) is 51.7. The number of ether oxygens (including phenoxy) is 2. The van der Waals surface area contributed by atoms with Gasteiger partial charge in [-0.25, -0.2) is 4.79 Å². The molecule has 3 aromatic rings. The van der Waals surface area contributed by atoms with Crippen molar-refractivity contribution in [1.29, 1.82) is 0 Å². The average Bonchev–Trinajstić information content (AvgIpc) is 2.84. The number of benzene rings is 2. The molecule has 2 aromatic carbocycles. The first kappa shape index (κ1) is 26.8. The van der Waals surface area contributed by atoms with E-state index in [-0.39, 0.29) is 21.6 Å². The molecule has 0 atom stereocenters. The molecule has 192 valence electrons. The smallest absolute Gasteiger partial charge is 0.332 e. The largest absolute Gasteiger partial charge is 0.495 e. The van der Waals surface area contributed by atoms with Gasteiger partial charge in [0.25, 0.3) is 5.56 Å². The maximum Gasteiger partial charge on any atom is 0.332 e. The Kier molecular flexibility index (Phi) is 8.76. The summed E-state index contributed by atoms with van der Waals surface area (Å²) in [5, 5.41) is 5.87. The van der Waals surface area contributed by atoms with Crippen molar-refractivity contribution < 1.29 is 19.1 Å². The van der Waals surface area contributed by atoms with Crippen LogP contribution in [-0.4, -0.2) is 41.7 Å². The van der Waals surface area contributed by atoms with E-state index in [1.807, 2.05) is 13.8 Å². The highest BCUT2D eigenvalue weighted by Gasteiger charge is 2.19. The SMILES string of the molecule is COc1cc(OC)c(NC(=O)Cn2c(=O)n(CC(=O)NCCC(C)C)c(=O)c3ccccc32)cc1Cl. The van der Waals surface area contributed by atoms with Gasteiger partial charge in [-0.15, -0.1) is 0 Å². The van der Waals surface area contributed by atoms with Crippen LogP contribution in [0.4, 0.5) is 5.69 Å². The number of nitrogens with zero attached hydrogens (tertiary/aromatic N) is 2. The van der Waals surface area contributed by atoms with E-state index >= 15 is 0 Å². The minimum atomic E-state index is -0.771. The van der Waals surface area contributed by atoms with Gasteiger partial charge in [0.05, 0.1) is 35.8 Å². The molecule has 0 aliphatic rings. The van der Waals surface area contributed by atoms with Gasteiger partial charge in [0, 0.05) is 12.6 Å². The van der Waals surface area contributed by atoms with Crippen molar-refractivity contribution in [1.82, 2.24) is 14.5 Å². The van der Waals surface area contributed by atoms with Crippen LogP contribution in [0.15, 0.2) is 46.0 Å². The predicted molar refractivity (Wildman–Crippen MR) is 138 cm³/mol. The highest BCUT2D eigenvalue weighted by Crippen LogP contribution is 2.35. The molecule has 0 fully saturated rings. The van der Waals surface area contributed by atoms with Gasteiger partial charge in [0.1, 0.15) is 24.6 Å². The fourth-order valence-electron chi connectivity index (χ4n) is 3.65. The molecule has 0 aliphatic heterocycles. The Hall–Kier alpha value is -3.79. The molecule has 0 aliphatic carbocycles. The summed E-state index contributed by atoms with van der Waals surface area (Å²) in [6, 6.07) is 9.42. The highest BCUT2D eigenvalue weighted by atomic mass is 35.5. The summed E-state index contributed by atoms with van der Waals surface area (Å²) in [7, 11) is 2.88. The highest BCUT2D eigenvalue weighted by molar-refractivity contribution is 6.32. The van der Waals surface area contributed by atoms with E-state index < -0.39 is 36.2 Å². The molecular formula is C25H29ClN4O6. The second-order valence-electron chi connectivity index (χ2n) is 8.54. The number of nitrogens with one attached hydrogen (secondary N) is 2. The summed E-state index contributed by atoms with van der Waals surface area (Å²) in [5.74, 6) is 0.0491. The molecule has 11 heteroatoms. The van der Waals surface area contributed by atoms with Crippen LogP contribution in [0.25, 0.3) is 10.9 Å². The molecule has 3 rings (SSSR count). The van der Waals surface area contributed by atoms with Gasteiger partial charge in [-0.1, -0.05) is 37.6 Å². The lowest BCUT2D eigenvalue weighted by Gasteiger charge is -2.16. The van der Waals surface area contributed by atoms with Gasteiger partial charge in [-0.2, -0.15) is 0 Å². The van der Waals surface area contributed by atoms with Gasteiger partial charge in [0.15, 0.2) is 0 Å². The monoisotopic (exact) mass is 516 g/mol. The molecule has 2 N–H and O–H groups in total. The van der Waals surface area contributed by atoms with Crippen LogP contribution in [0.3, 0.4) is 0 Å². The number of methoxy groups -OCH3 is 2. The van der Waals surface area contributed by atoms with E-state index in [0.29, 0.717) is 24.0 Å². The van der Waals surface area contributed by atoms with Crippen molar-refractivity contribution in [3.05, 3.63) is 62.3 Å². The Morgan fingerprint density at radius 1 is 0.972 bits per heavy atom. The van der Waals surface area contributed by atoms with Crippen molar-refractivity contribution in [3.8, 4) is 11.5 Å². The van der Waals surface area contributed by atoms with Crippen LogP contribution >= 0.6 is 11.6 Å². The number of carbonyl (C=O) groups excluding carboxylic acids is 2. The number of para-hydroxylation sites is 1. The zero-order valence-electron chi connectivity index (χ0n) is 20.6. The second kappa shape index (κ2) is 11.8. The molecular weight excluding hydrogens is 488 g/mol. The van der Waals surface area contributed by atoms with E-state index in [0.717, 1.165) is 15.6 Å². The number of rotatable bonds is 10. The number of anilines is 1. The van der Waals surface area contributed by atoms with E-state index in [9.17, 15) is 19.2 Å². The number of aromatic nitrogens is 2. The van der Waals surface area contributed by atoms with Crippen LogP contribution in [0.1, 0.15) is 20.3 Å². The predicted octanol–water partition coefficient (Wildman–Crippen LogP) is 2.63. The van der Waals surface area contributed by atoms with Crippen molar-refractivity contribution in [2.24, 2.45) is 5.92 Å². The van der Waals surface area contributed by atoms with Crippen LogP contribution < -0.4 is 31.4 Å². The zero-order chi connectivity index (χ0) is 26.4. The minimum absolute atomic E-state index is 0.213. The standard InChI is InChI=1S/C25H29ClN4O6/c1-15(2)9-10-27-22(31)13-30-24(33)16-7-5-6-8-19(16)29(25(30)34)14-23(32)28-18-11-17(26)20(35-3)12-21(18)36-4/h5-8,11-12,15H,9-10,13-14H2,1-4H3,(H,27,31)(H,28,32). The molecule has 0 saturated heterocycles. The van der Waals surface area contributed by atoms with Crippen molar-refractivity contribution >= 4 is 40.0 Å². The van der Waals surface area contributed by atoms with Crippen molar-refractivity contribution in [3.63, 3.8) is 0 Å². The molecule has 1 aromatic heterocycles. The Labute approximate surface area is 212 Å². The lowest BCUT2D eigenvalue weighted by atomic mass is 10.1. The molecule has 0 spiro atoms. The van der Waals surface area contributed by atoms with E-state index in [1.165, 1.54) is 26.4 Å². The summed E-state index contributed by atoms with van der Waals surface area (Å²) < 4.78 is 12.5. The third kappa shape index (κ3) is 6.06. The van der Waals surface area contributed by atoms with E-state index in [4.69, 9.17) is 21.1 Å². The first-order valence-electron chi connectivity index (χ1n) is 11.4. The number of amides is 2. The molecule has 0 radical (unpaired) electrons. The fraction of sp³-hybridized carbons (Fsp3) is 0.360. The summed E-state index contributed by atoms with van der Waals surface area (Å²) in [6.45, 7) is 3.62. The van der Waals surface area contributed by atoms with E-state index in [2.05, 4.69) is 10.6 Å². The molecule has 2 amide bonds. The molecule has 10 nitrogen and oxygen atoms in total. The summed E-state index contributed by atoms with van der Waals surface area (Å²) in [5.41, 5.74) is -0.815. The van der Waals surface area contributed by atoms with Crippen LogP contribution in [0.5, 0.6) is 11.5 Å². The third-order valence-electron chi connectivity index (χ3n) is 5.53. The normalized spacial score (nSPS) is 10.9. The number of carbonyl (C=O) groups is 2. The maximum atomic E-state index is 13.3. The Morgan fingerprint density at radius 2 is 1.64 bits per heavy atom. The Morgan fingerprint density at radius 3 is 2.31 bits per heavy atom. The maximum absolute atomic E-state index is 13.3. The second-order valence-corrected chi connectivity index (χ2v) is 8.95. The van der Waals surface area contributed by atoms with Crippen LogP contribution in [0.2, 0.25) is 5.02 Å². The number of hydrogen-bond acceptors (Lipinski definition) is 6. The topological polar surface area (TPSA) is 121 Å². The Balaban J connectivity index is 1.94. The molecule has 1 heterocycles. The average molecular weight is 517 g/mol.